The zero-order chi connectivity index (χ0) is 22.2. The standard InChI is InChI=1S/C24H30N4O3/c1-16(2)18-7-4-10-21(13-18)27-24(25-15-22-11-6-12-31-22)28-23(30)19-8-5-9-20(14-19)26-17(3)29/h4-5,7-10,13-14,16,22H,6,11-12,15H2,1-3H3,(H,26,29)(H2,25,27,28,30)/t22-/m1/s1. The normalized spacial score (nSPS) is 16.3. The summed E-state index contributed by atoms with van der Waals surface area (Å²) in [6.07, 6.45) is 2.06. The molecule has 2 aromatic carbocycles. The van der Waals surface area contributed by atoms with Crippen LogP contribution in [-0.2, 0) is 9.53 Å². The highest BCUT2D eigenvalue weighted by atomic mass is 16.5. The van der Waals surface area contributed by atoms with Gasteiger partial charge in [0.2, 0.25) is 11.9 Å². The van der Waals surface area contributed by atoms with Crippen LogP contribution in [0.15, 0.2) is 53.5 Å². The SMILES string of the molecule is CC(=O)Nc1cccc(C(=O)NC(=NC[C@H]2CCCO2)Nc2cccc(C(C)C)c2)c1. The fourth-order valence-corrected chi connectivity index (χ4v) is 3.33. The minimum atomic E-state index is -0.314. The minimum Gasteiger partial charge on any atom is -0.376 e. The summed E-state index contributed by atoms with van der Waals surface area (Å²) >= 11 is 0. The highest BCUT2D eigenvalue weighted by Gasteiger charge is 2.16. The third-order valence-corrected chi connectivity index (χ3v) is 4.97. The van der Waals surface area contributed by atoms with Gasteiger partial charge in [0.15, 0.2) is 0 Å². The number of hydrogen-bond donors (Lipinski definition) is 3. The highest BCUT2D eigenvalue weighted by Crippen LogP contribution is 2.19. The van der Waals surface area contributed by atoms with Crippen molar-refractivity contribution in [1.29, 1.82) is 0 Å². The minimum absolute atomic E-state index is 0.0683. The predicted octanol–water partition coefficient (Wildman–Crippen LogP) is 4.15. The summed E-state index contributed by atoms with van der Waals surface area (Å²) < 4.78 is 5.66. The van der Waals surface area contributed by atoms with Gasteiger partial charge in [-0.05, 0) is 54.7 Å². The summed E-state index contributed by atoms with van der Waals surface area (Å²) in [6, 6.07) is 14.8. The van der Waals surface area contributed by atoms with Crippen LogP contribution < -0.4 is 16.0 Å². The Morgan fingerprint density at radius 1 is 1.10 bits per heavy atom. The molecule has 0 spiro atoms. The molecular weight excluding hydrogens is 392 g/mol. The first-order valence-corrected chi connectivity index (χ1v) is 10.6. The average molecular weight is 423 g/mol. The number of amides is 2. The number of benzene rings is 2. The topological polar surface area (TPSA) is 91.8 Å². The zero-order valence-corrected chi connectivity index (χ0v) is 18.3. The molecular formula is C24H30N4O3. The number of nitrogens with zero attached hydrogens (tertiary/aromatic N) is 1. The molecule has 164 valence electrons. The monoisotopic (exact) mass is 422 g/mol. The number of carbonyl (C=O) groups excluding carboxylic acids is 2. The first-order valence-electron chi connectivity index (χ1n) is 10.6. The van der Waals surface area contributed by atoms with Gasteiger partial charge in [-0.2, -0.15) is 0 Å². The molecule has 3 rings (SSSR count). The van der Waals surface area contributed by atoms with Gasteiger partial charge in [0.05, 0.1) is 12.6 Å². The number of carbonyl (C=O) groups is 2. The third kappa shape index (κ3) is 6.93. The van der Waals surface area contributed by atoms with E-state index in [-0.39, 0.29) is 17.9 Å². The van der Waals surface area contributed by atoms with Crippen LogP contribution in [0.5, 0.6) is 0 Å². The van der Waals surface area contributed by atoms with Crippen LogP contribution in [0.3, 0.4) is 0 Å². The lowest BCUT2D eigenvalue weighted by Gasteiger charge is -2.15. The van der Waals surface area contributed by atoms with E-state index >= 15 is 0 Å². The number of nitrogens with one attached hydrogen (secondary N) is 3. The van der Waals surface area contributed by atoms with Crippen LogP contribution in [0.25, 0.3) is 0 Å². The van der Waals surface area contributed by atoms with Gasteiger partial charge in [-0.25, -0.2) is 4.99 Å². The van der Waals surface area contributed by atoms with E-state index in [0.29, 0.717) is 29.7 Å². The summed E-state index contributed by atoms with van der Waals surface area (Å²) in [4.78, 5) is 28.8. The summed E-state index contributed by atoms with van der Waals surface area (Å²) in [7, 11) is 0. The number of anilines is 2. The maximum atomic E-state index is 12.9. The van der Waals surface area contributed by atoms with Crippen LogP contribution >= 0.6 is 0 Å². The molecule has 1 heterocycles. The molecule has 7 nitrogen and oxygen atoms in total. The van der Waals surface area contributed by atoms with E-state index in [1.807, 2.05) is 12.1 Å². The molecule has 1 aliphatic rings. The fraction of sp³-hybridized carbons (Fsp3) is 0.375. The Morgan fingerprint density at radius 3 is 2.52 bits per heavy atom. The summed E-state index contributed by atoms with van der Waals surface area (Å²) in [6.45, 7) is 6.92. The van der Waals surface area contributed by atoms with Gasteiger partial charge in [-0.15, -0.1) is 0 Å². The maximum Gasteiger partial charge on any atom is 0.258 e. The fourth-order valence-electron chi connectivity index (χ4n) is 3.33. The molecule has 3 N–H and O–H groups in total. The molecule has 0 aromatic heterocycles. The second kappa shape index (κ2) is 10.7. The molecule has 31 heavy (non-hydrogen) atoms. The molecule has 0 unspecified atom stereocenters. The second-order valence-electron chi connectivity index (χ2n) is 7.95. The van der Waals surface area contributed by atoms with Crippen LogP contribution in [0.1, 0.15) is 55.5 Å². The van der Waals surface area contributed by atoms with Gasteiger partial charge in [0.25, 0.3) is 5.91 Å². The van der Waals surface area contributed by atoms with E-state index in [4.69, 9.17) is 4.74 Å². The van der Waals surface area contributed by atoms with Crippen molar-refractivity contribution in [3.05, 3.63) is 59.7 Å². The zero-order valence-electron chi connectivity index (χ0n) is 18.3. The number of hydrogen-bond acceptors (Lipinski definition) is 4. The van der Waals surface area contributed by atoms with Gasteiger partial charge in [-0.3, -0.25) is 14.9 Å². The summed E-state index contributed by atoms with van der Waals surface area (Å²) in [5.74, 6) is 0.250. The lowest BCUT2D eigenvalue weighted by Crippen LogP contribution is -2.36. The first-order chi connectivity index (χ1) is 14.9. The Kier molecular flexibility index (Phi) is 7.78. The maximum absolute atomic E-state index is 12.9. The van der Waals surface area contributed by atoms with Crippen LogP contribution in [0.2, 0.25) is 0 Å². The van der Waals surface area contributed by atoms with Gasteiger partial charge in [-0.1, -0.05) is 32.0 Å². The van der Waals surface area contributed by atoms with E-state index in [1.54, 1.807) is 24.3 Å². The van der Waals surface area contributed by atoms with E-state index in [2.05, 4.69) is 46.9 Å². The van der Waals surface area contributed by atoms with Crippen molar-refractivity contribution in [2.45, 2.75) is 45.6 Å². The highest BCUT2D eigenvalue weighted by molar-refractivity contribution is 6.10. The predicted molar refractivity (Wildman–Crippen MR) is 124 cm³/mol. The van der Waals surface area contributed by atoms with Crippen LogP contribution in [0, 0.1) is 0 Å². The van der Waals surface area contributed by atoms with Crippen molar-refractivity contribution in [3.8, 4) is 0 Å². The molecule has 2 amide bonds. The van der Waals surface area contributed by atoms with Crippen molar-refractivity contribution in [1.82, 2.24) is 5.32 Å². The number of guanidine groups is 1. The average Bonchev–Trinajstić information content (AvgIpc) is 3.25. The molecule has 0 bridgehead atoms. The number of ether oxygens (including phenoxy) is 1. The summed E-state index contributed by atoms with van der Waals surface area (Å²) in [5.41, 5.74) is 3.03. The van der Waals surface area contributed by atoms with Crippen molar-refractivity contribution < 1.29 is 14.3 Å². The molecule has 0 radical (unpaired) electrons. The van der Waals surface area contributed by atoms with E-state index in [0.717, 1.165) is 25.1 Å². The van der Waals surface area contributed by atoms with Crippen LogP contribution in [0.4, 0.5) is 11.4 Å². The smallest absolute Gasteiger partial charge is 0.258 e. The Bertz CT molecular complexity index is 949. The van der Waals surface area contributed by atoms with Gasteiger partial charge >= 0.3 is 0 Å². The molecule has 7 heteroatoms. The van der Waals surface area contributed by atoms with Gasteiger partial charge < -0.3 is 15.4 Å². The van der Waals surface area contributed by atoms with Crippen LogP contribution in [-0.4, -0.2) is 37.0 Å². The Hall–Kier alpha value is -3.19. The molecule has 1 saturated heterocycles. The van der Waals surface area contributed by atoms with Gasteiger partial charge in [0.1, 0.15) is 0 Å². The quantitative estimate of drug-likeness (QED) is 0.482. The van der Waals surface area contributed by atoms with Crippen molar-refractivity contribution in [2.75, 3.05) is 23.8 Å². The molecule has 1 aliphatic heterocycles. The molecule has 0 saturated carbocycles. The Morgan fingerprint density at radius 2 is 1.84 bits per heavy atom. The Labute approximate surface area is 183 Å². The number of rotatable bonds is 6. The van der Waals surface area contributed by atoms with Crippen molar-refractivity contribution >= 4 is 29.1 Å². The second-order valence-corrected chi connectivity index (χ2v) is 7.95. The largest absolute Gasteiger partial charge is 0.376 e. The van der Waals surface area contributed by atoms with Gasteiger partial charge in [0, 0.05) is 30.5 Å². The first kappa shape index (κ1) is 22.5. The molecule has 1 fully saturated rings. The third-order valence-electron chi connectivity index (χ3n) is 4.97. The van der Waals surface area contributed by atoms with E-state index in [1.165, 1.54) is 12.5 Å². The van der Waals surface area contributed by atoms with Crippen molar-refractivity contribution in [3.63, 3.8) is 0 Å². The molecule has 2 aromatic rings. The summed E-state index contributed by atoms with van der Waals surface area (Å²) in [5, 5.41) is 8.80. The molecule has 1 atom stereocenters. The van der Waals surface area contributed by atoms with E-state index in [9.17, 15) is 9.59 Å². The van der Waals surface area contributed by atoms with Crippen molar-refractivity contribution in [2.24, 2.45) is 4.99 Å². The number of aliphatic imine (C=N–C) groups is 1. The lowest BCUT2D eigenvalue weighted by atomic mass is 10.0. The van der Waals surface area contributed by atoms with E-state index < -0.39 is 0 Å². The Balaban J connectivity index is 1.77. The lowest BCUT2D eigenvalue weighted by molar-refractivity contribution is -0.114. The molecule has 0 aliphatic carbocycles.